The lowest BCUT2D eigenvalue weighted by atomic mass is 9.99. The quantitative estimate of drug-likeness (QED) is 0.771. The topological polar surface area (TPSA) is 15.3 Å². The standard InChI is InChI=1S/C12H21F3N2/c13-12(14,15)6-3-7-16-10-5-9-17-8-2-1-4-11(10)17/h10-11,16H,1-9H2. The average molecular weight is 250 g/mol. The zero-order valence-corrected chi connectivity index (χ0v) is 10.1. The molecule has 0 aliphatic carbocycles. The summed E-state index contributed by atoms with van der Waals surface area (Å²) in [7, 11) is 0. The van der Waals surface area contributed by atoms with Gasteiger partial charge < -0.3 is 5.32 Å². The Morgan fingerprint density at radius 2 is 1.94 bits per heavy atom. The summed E-state index contributed by atoms with van der Waals surface area (Å²) in [6, 6.07) is 0.998. The summed E-state index contributed by atoms with van der Waals surface area (Å²) in [5.41, 5.74) is 0. The molecule has 2 atom stereocenters. The van der Waals surface area contributed by atoms with Gasteiger partial charge in [-0.25, -0.2) is 0 Å². The first kappa shape index (κ1) is 13.1. The van der Waals surface area contributed by atoms with Crippen molar-refractivity contribution in [3.63, 3.8) is 0 Å². The van der Waals surface area contributed by atoms with Crippen molar-refractivity contribution in [2.45, 2.75) is 56.8 Å². The molecule has 2 fully saturated rings. The smallest absolute Gasteiger partial charge is 0.312 e. The lowest BCUT2D eigenvalue weighted by molar-refractivity contribution is -0.135. The van der Waals surface area contributed by atoms with Crippen molar-refractivity contribution >= 4 is 0 Å². The molecule has 0 radical (unpaired) electrons. The van der Waals surface area contributed by atoms with Crippen LogP contribution in [-0.4, -0.2) is 42.8 Å². The van der Waals surface area contributed by atoms with Crippen LogP contribution in [0.15, 0.2) is 0 Å². The fraction of sp³-hybridized carbons (Fsp3) is 1.00. The van der Waals surface area contributed by atoms with E-state index in [0.717, 1.165) is 13.0 Å². The van der Waals surface area contributed by atoms with E-state index in [1.807, 2.05) is 0 Å². The second kappa shape index (κ2) is 5.57. The van der Waals surface area contributed by atoms with Crippen LogP contribution in [0.1, 0.15) is 38.5 Å². The maximum atomic E-state index is 12.0. The Labute approximate surface area is 101 Å². The predicted molar refractivity (Wildman–Crippen MR) is 60.9 cm³/mol. The number of nitrogens with zero attached hydrogens (tertiary/aromatic N) is 1. The highest BCUT2D eigenvalue weighted by Crippen LogP contribution is 2.27. The van der Waals surface area contributed by atoms with Crippen LogP contribution in [0.4, 0.5) is 13.2 Å². The molecular weight excluding hydrogens is 229 g/mol. The molecule has 0 bridgehead atoms. The molecule has 0 amide bonds. The van der Waals surface area contributed by atoms with Gasteiger partial charge in [-0.05, 0) is 38.8 Å². The van der Waals surface area contributed by atoms with Gasteiger partial charge in [0.15, 0.2) is 0 Å². The maximum absolute atomic E-state index is 12.0. The largest absolute Gasteiger partial charge is 0.389 e. The molecule has 2 rings (SSSR count). The Bertz CT molecular complexity index is 242. The van der Waals surface area contributed by atoms with Crippen molar-refractivity contribution in [3.05, 3.63) is 0 Å². The van der Waals surface area contributed by atoms with Crippen LogP contribution in [0.5, 0.6) is 0 Å². The summed E-state index contributed by atoms with van der Waals surface area (Å²) in [5.74, 6) is 0. The molecule has 2 nitrogen and oxygen atoms in total. The molecule has 0 aromatic rings. The number of alkyl halides is 3. The van der Waals surface area contributed by atoms with Gasteiger partial charge in [0.2, 0.25) is 0 Å². The van der Waals surface area contributed by atoms with Crippen molar-refractivity contribution in [2.24, 2.45) is 0 Å². The van der Waals surface area contributed by atoms with E-state index in [1.54, 1.807) is 0 Å². The third-order valence-electron chi connectivity index (χ3n) is 3.90. The summed E-state index contributed by atoms with van der Waals surface area (Å²) in [4.78, 5) is 2.49. The average Bonchev–Trinajstić information content (AvgIpc) is 2.67. The van der Waals surface area contributed by atoms with Crippen molar-refractivity contribution < 1.29 is 13.2 Å². The summed E-state index contributed by atoms with van der Waals surface area (Å²) in [6.07, 6.45) is 0.370. The van der Waals surface area contributed by atoms with Gasteiger partial charge in [0.25, 0.3) is 0 Å². The van der Waals surface area contributed by atoms with E-state index in [1.165, 1.54) is 25.8 Å². The van der Waals surface area contributed by atoms with Crippen LogP contribution in [-0.2, 0) is 0 Å². The first-order chi connectivity index (χ1) is 8.06. The number of halogens is 3. The molecule has 100 valence electrons. The van der Waals surface area contributed by atoms with Gasteiger partial charge in [0, 0.05) is 25.0 Å². The minimum absolute atomic E-state index is 0.201. The molecule has 2 heterocycles. The molecule has 0 aromatic heterocycles. The van der Waals surface area contributed by atoms with Crippen LogP contribution in [0.2, 0.25) is 0 Å². The van der Waals surface area contributed by atoms with Crippen molar-refractivity contribution in [2.75, 3.05) is 19.6 Å². The normalized spacial score (nSPS) is 30.5. The molecule has 0 spiro atoms. The van der Waals surface area contributed by atoms with Gasteiger partial charge >= 0.3 is 6.18 Å². The minimum atomic E-state index is -4.01. The van der Waals surface area contributed by atoms with E-state index >= 15 is 0 Å². The molecule has 2 saturated heterocycles. The molecule has 2 unspecified atom stereocenters. The first-order valence-electron chi connectivity index (χ1n) is 6.60. The lowest BCUT2D eigenvalue weighted by Crippen LogP contribution is -2.45. The summed E-state index contributed by atoms with van der Waals surface area (Å²) >= 11 is 0. The Kier molecular flexibility index (Phi) is 4.31. The lowest BCUT2D eigenvalue weighted by Gasteiger charge is -2.32. The van der Waals surface area contributed by atoms with Crippen LogP contribution in [0.3, 0.4) is 0 Å². The molecule has 2 aliphatic rings. The number of hydrogen-bond acceptors (Lipinski definition) is 2. The Morgan fingerprint density at radius 1 is 1.12 bits per heavy atom. The highest BCUT2D eigenvalue weighted by Gasteiger charge is 2.35. The Balaban J connectivity index is 1.66. The third kappa shape index (κ3) is 3.85. The van der Waals surface area contributed by atoms with E-state index in [4.69, 9.17) is 0 Å². The molecular formula is C12H21F3N2. The summed E-state index contributed by atoms with van der Waals surface area (Å²) in [6.45, 7) is 2.78. The minimum Gasteiger partial charge on any atom is -0.312 e. The van der Waals surface area contributed by atoms with Crippen molar-refractivity contribution in [3.8, 4) is 0 Å². The zero-order valence-electron chi connectivity index (χ0n) is 10.1. The highest BCUT2D eigenvalue weighted by atomic mass is 19.4. The molecule has 0 saturated carbocycles. The summed E-state index contributed by atoms with van der Waals surface area (Å²) < 4.78 is 36.0. The van der Waals surface area contributed by atoms with Crippen molar-refractivity contribution in [1.29, 1.82) is 0 Å². The molecule has 0 aromatic carbocycles. The number of nitrogens with one attached hydrogen (secondary N) is 1. The van der Waals surface area contributed by atoms with Crippen LogP contribution < -0.4 is 5.32 Å². The second-order valence-corrected chi connectivity index (χ2v) is 5.17. The zero-order chi connectivity index (χ0) is 12.3. The second-order valence-electron chi connectivity index (χ2n) is 5.17. The Morgan fingerprint density at radius 3 is 2.71 bits per heavy atom. The van der Waals surface area contributed by atoms with Crippen LogP contribution in [0.25, 0.3) is 0 Å². The molecule has 17 heavy (non-hydrogen) atoms. The number of rotatable bonds is 4. The predicted octanol–water partition coefficient (Wildman–Crippen LogP) is 2.55. The number of fused-ring (bicyclic) bond motifs is 1. The molecule has 5 heteroatoms. The first-order valence-corrected chi connectivity index (χ1v) is 6.60. The summed E-state index contributed by atoms with van der Waals surface area (Å²) in [5, 5.41) is 3.31. The number of piperidine rings is 1. The van der Waals surface area contributed by atoms with E-state index < -0.39 is 12.6 Å². The van der Waals surface area contributed by atoms with E-state index in [0.29, 0.717) is 18.6 Å². The fourth-order valence-electron chi connectivity index (χ4n) is 3.06. The Hall–Kier alpha value is -0.290. The van der Waals surface area contributed by atoms with E-state index in [9.17, 15) is 13.2 Å². The van der Waals surface area contributed by atoms with Gasteiger partial charge in [0.05, 0.1) is 0 Å². The van der Waals surface area contributed by atoms with Gasteiger partial charge in [-0.3, -0.25) is 4.90 Å². The van der Waals surface area contributed by atoms with E-state index in [-0.39, 0.29) is 6.42 Å². The van der Waals surface area contributed by atoms with Crippen LogP contribution >= 0.6 is 0 Å². The maximum Gasteiger partial charge on any atom is 0.389 e. The third-order valence-corrected chi connectivity index (χ3v) is 3.90. The van der Waals surface area contributed by atoms with Crippen LogP contribution in [0, 0.1) is 0 Å². The van der Waals surface area contributed by atoms with Crippen molar-refractivity contribution in [1.82, 2.24) is 10.2 Å². The fourth-order valence-corrected chi connectivity index (χ4v) is 3.06. The molecule has 2 aliphatic heterocycles. The van der Waals surface area contributed by atoms with Gasteiger partial charge in [-0.1, -0.05) is 6.42 Å². The SMILES string of the molecule is FC(F)(F)CCCNC1CCN2CCCCC12. The number of hydrogen-bond donors (Lipinski definition) is 1. The van der Waals surface area contributed by atoms with Gasteiger partial charge in [-0.2, -0.15) is 13.2 Å². The van der Waals surface area contributed by atoms with Gasteiger partial charge in [-0.15, -0.1) is 0 Å². The van der Waals surface area contributed by atoms with Gasteiger partial charge in [0.1, 0.15) is 0 Å². The molecule has 1 N–H and O–H groups in total. The van der Waals surface area contributed by atoms with E-state index in [2.05, 4.69) is 10.2 Å². The highest BCUT2D eigenvalue weighted by molar-refractivity contribution is 4.93. The monoisotopic (exact) mass is 250 g/mol.